The van der Waals surface area contributed by atoms with E-state index in [4.69, 9.17) is 4.74 Å². The molecule has 0 aliphatic heterocycles. The first-order valence-corrected chi connectivity index (χ1v) is 9.48. The van der Waals surface area contributed by atoms with Crippen LogP contribution in [0, 0.1) is 0 Å². The lowest BCUT2D eigenvalue weighted by atomic mass is 10.1. The zero-order chi connectivity index (χ0) is 16.6. The Morgan fingerprint density at radius 2 is 1.77 bits per heavy atom. The van der Waals surface area contributed by atoms with Crippen LogP contribution < -0.4 is 0 Å². The molecule has 1 rings (SSSR count). The van der Waals surface area contributed by atoms with E-state index in [2.05, 4.69) is 91.6 Å². The van der Waals surface area contributed by atoms with Gasteiger partial charge in [0.25, 0.3) is 0 Å². The van der Waals surface area contributed by atoms with Crippen LogP contribution in [0.2, 0.25) is 0 Å². The summed E-state index contributed by atoms with van der Waals surface area (Å²) in [7, 11) is 5.60. The van der Waals surface area contributed by atoms with Crippen LogP contribution in [0.4, 0.5) is 0 Å². The van der Waals surface area contributed by atoms with Crippen molar-refractivity contribution in [2.75, 3.05) is 6.61 Å². The van der Waals surface area contributed by atoms with E-state index >= 15 is 0 Å². The summed E-state index contributed by atoms with van der Waals surface area (Å²) in [6.07, 6.45) is 7.52. The number of benzene rings is 1. The second-order valence-corrected chi connectivity index (χ2v) is 9.48. The van der Waals surface area contributed by atoms with E-state index in [-0.39, 0.29) is 5.08 Å². The lowest BCUT2D eigenvalue weighted by Crippen LogP contribution is -2.19. The highest BCUT2D eigenvalue weighted by molar-refractivity contribution is 9.10. The molecule has 2 atom stereocenters. The zero-order valence-electron chi connectivity index (χ0n) is 13.7. The molecule has 0 aliphatic carbocycles. The molecule has 0 amide bonds. The number of rotatable bonds is 8. The minimum atomic E-state index is -0.315. The normalized spacial score (nSPS) is 12.4. The highest BCUT2D eigenvalue weighted by atomic mass is 79.9. The van der Waals surface area contributed by atoms with Gasteiger partial charge in [-0.25, -0.2) is 0 Å². The highest BCUT2D eigenvalue weighted by Gasteiger charge is 2.18. The minimum absolute atomic E-state index is 0.315. The van der Waals surface area contributed by atoms with Gasteiger partial charge in [0.1, 0.15) is 0 Å². The predicted molar refractivity (Wildman–Crippen MR) is 108 cm³/mol. The molecule has 0 fully saturated rings. The molecule has 2 unspecified atom stereocenters. The van der Waals surface area contributed by atoms with Crippen molar-refractivity contribution >= 4 is 34.4 Å². The third-order valence-electron chi connectivity index (χ3n) is 3.27. The first-order valence-electron chi connectivity index (χ1n) is 7.54. The fraction of sp³-hybridized carbons (Fsp3) is 0.444. The summed E-state index contributed by atoms with van der Waals surface area (Å²) in [6.45, 7) is 7.09. The van der Waals surface area contributed by atoms with Crippen LogP contribution >= 0.6 is 34.4 Å². The van der Waals surface area contributed by atoms with Gasteiger partial charge in [-0.05, 0) is 51.3 Å². The average molecular weight is 401 g/mol. The lowest BCUT2D eigenvalue weighted by molar-refractivity contribution is 0.112. The lowest BCUT2D eigenvalue weighted by Gasteiger charge is -2.24. The van der Waals surface area contributed by atoms with Crippen LogP contribution in [-0.4, -0.2) is 11.7 Å². The van der Waals surface area contributed by atoms with Gasteiger partial charge in [-0.3, -0.25) is 0 Å². The van der Waals surface area contributed by atoms with Gasteiger partial charge in [0.15, 0.2) is 0 Å². The molecule has 122 valence electrons. The number of halogens is 1. The van der Waals surface area contributed by atoms with E-state index in [9.17, 15) is 0 Å². The largest absolute Gasteiger partial charge is 0.363 e. The Labute approximate surface area is 148 Å². The van der Waals surface area contributed by atoms with Gasteiger partial charge in [0.05, 0.1) is 11.7 Å². The van der Waals surface area contributed by atoms with Crippen molar-refractivity contribution in [2.24, 2.45) is 0 Å². The summed E-state index contributed by atoms with van der Waals surface area (Å²) in [4.78, 5) is 0. The Kier molecular flexibility index (Phi) is 9.10. The van der Waals surface area contributed by atoms with Crippen molar-refractivity contribution in [3.05, 3.63) is 57.6 Å². The third kappa shape index (κ3) is 9.21. The summed E-state index contributed by atoms with van der Waals surface area (Å²) < 4.78 is 7.09. The molecule has 0 N–H and O–H groups in total. The maximum atomic E-state index is 5.98. The van der Waals surface area contributed by atoms with Gasteiger partial charge in [0.2, 0.25) is 0 Å². The molecule has 0 spiro atoms. The molecule has 0 bridgehead atoms. The van der Waals surface area contributed by atoms with Crippen LogP contribution in [0.5, 0.6) is 0 Å². The van der Waals surface area contributed by atoms with Crippen LogP contribution in [0.15, 0.2) is 52.0 Å². The maximum absolute atomic E-state index is 5.98. The topological polar surface area (TPSA) is 9.23 Å². The van der Waals surface area contributed by atoms with Gasteiger partial charge >= 0.3 is 0 Å². The van der Waals surface area contributed by atoms with E-state index in [0.29, 0.717) is 6.61 Å². The second kappa shape index (κ2) is 9.99. The molecule has 4 heteroatoms. The number of ether oxygens (including phenoxy) is 1. The Bertz CT molecular complexity index is 514. The smallest absolute Gasteiger partial charge is 0.0983 e. The van der Waals surface area contributed by atoms with Crippen LogP contribution in [-0.2, 0) is 11.2 Å². The first kappa shape index (κ1) is 20.0. The molecular weight excluding hydrogens is 374 g/mol. The van der Waals surface area contributed by atoms with E-state index in [1.165, 1.54) is 16.7 Å². The highest BCUT2D eigenvalue weighted by Crippen LogP contribution is 2.33. The molecule has 22 heavy (non-hydrogen) atoms. The monoisotopic (exact) mass is 400 g/mol. The summed E-state index contributed by atoms with van der Waals surface area (Å²) in [6, 6.07) is 8.37. The Balaban J connectivity index is 2.41. The quantitative estimate of drug-likeness (QED) is 0.378. The molecule has 0 aliphatic rings. The molecule has 0 aromatic heterocycles. The third-order valence-corrected chi connectivity index (χ3v) is 4.54. The minimum Gasteiger partial charge on any atom is -0.363 e. The molecule has 1 aromatic carbocycles. The average Bonchev–Trinajstić information content (AvgIpc) is 2.40. The number of allylic oxidation sites excluding steroid dienone is 3. The predicted octanol–water partition coefficient (Wildman–Crippen LogP) is 6.10. The van der Waals surface area contributed by atoms with Gasteiger partial charge in [-0.2, -0.15) is 0 Å². The Morgan fingerprint density at radius 1 is 1.14 bits per heavy atom. The van der Waals surface area contributed by atoms with Gasteiger partial charge in [-0.15, -0.1) is 0 Å². The van der Waals surface area contributed by atoms with E-state index in [1.54, 1.807) is 0 Å². The molecule has 0 saturated heterocycles. The molecule has 1 nitrogen and oxygen atoms in total. The summed E-state index contributed by atoms with van der Waals surface area (Å²) in [5.74, 6) is 0. The molecule has 0 heterocycles. The number of hydrogen-bond acceptors (Lipinski definition) is 1. The molecule has 0 saturated carbocycles. The van der Waals surface area contributed by atoms with Crippen molar-refractivity contribution in [1.29, 1.82) is 0 Å². The fourth-order valence-electron chi connectivity index (χ4n) is 2.00. The molecule has 0 radical (unpaired) electrons. The maximum Gasteiger partial charge on any atom is 0.0983 e. The van der Waals surface area contributed by atoms with Crippen molar-refractivity contribution in [2.45, 2.75) is 45.1 Å². The second-order valence-electron chi connectivity index (χ2n) is 5.94. The molecule has 1 aromatic rings. The zero-order valence-corrected chi connectivity index (χ0v) is 17.6. The van der Waals surface area contributed by atoms with Gasteiger partial charge < -0.3 is 4.74 Å². The van der Waals surface area contributed by atoms with Crippen molar-refractivity contribution in [3.63, 3.8) is 0 Å². The standard InChI is InChI=1S/C18H27BrOP2/c1-14(2)5-4-6-15(3)11-12-20-18(21,22)13-16-7-9-17(19)10-8-16/h5,7-11H,4,6,12-13,21-22H2,1-3H3/b15-11+. The summed E-state index contributed by atoms with van der Waals surface area (Å²) >= 11 is 3.46. The van der Waals surface area contributed by atoms with Crippen molar-refractivity contribution in [3.8, 4) is 0 Å². The summed E-state index contributed by atoms with van der Waals surface area (Å²) in [5.41, 5.74) is 4.02. The molecular formula is C18H27BrOP2. The SMILES string of the molecule is CC(C)=CCC/C(C)=C/COC(P)(P)Cc1ccc(Br)cc1. The Hall–Kier alpha value is -0.000000000000000111. The van der Waals surface area contributed by atoms with Gasteiger partial charge in [0, 0.05) is 10.9 Å². The van der Waals surface area contributed by atoms with E-state index in [0.717, 1.165) is 23.7 Å². The summed E-state index contributed by atoms with van der Waals surface area (Å²) in [5, 5.41) is -0.315. The Morgan fingerprint density at radius 3 is 2.36 bits per heavy atom. The van der Waals surface area contributed by atoms with Crippen LogP contribution in [0.25, 0.3) is 0 Å². The van der Waals surface area contributed by atoms with Crippen LogP contribution in [0.1, 0.15) is 39.2 Å². The van der Waals surface area contributed by atoms with Gasteiger partial charge in [-0.1, -0.05) is 69.8 Å². The van der Waals surface area contributed by atoms with Crippen LogP contribution in [0.3, 0.4) is 0 Å². The fourth-order valence-corrected chi connectivity index (χ4v) is 2.93. The van der Waals surface area contributed by atoms with Crippen molar-refractivity contribution in [1.82, 2.24) is 0 Å². The first-order chi connectivity index (χ1) is 10.3. The van der Waals surface area contributed by atoms with Crippen molar-refractivity contribution < 1.29 is 4.74 Å². The van der Waals surface area contributed by atoms with E-state index < -0.39 is 0 Å². The number of hydrogen-bond donors (Lipinski definition) is 0. The van der Waals surface area contributed by atoms with E-state index in [1.807, 2.05) is 0 Å².